The summed E-state index contributed by atoms with van der Waals surface area (Å²) in [5.74, 6) is 0.281. The first-order valence-electron chi connectivity index (χ1n) is 5.83. The molecule has 94 valence electrons. The normalized spacial score (nSPS) is 10.4. The molecule has 0 amide bonds. The molecule has 2 aromatic rings. The fourth-order valence-electron chi connectivity index (χ4n) is 1.86. The second-order valence-corrected chi connectivity index (χ2v) is 4.48. The minimum atomic E-state index is -0.197. The van der Waals surface area contributed by atoms with Gasteiger partial charge in [-0.3, -0.25) is 0 Å². The second kappa shape index (κ2) is 5.87. The van der Waals surface area contributed by atoms with Gasteiger partial charge in [-0.25, -0.2) is 4.39 Å². The van der Waals surface area contributed by atoms with Crippen molar-refractivity contribution in [3.63, 3.8) is 0 Å². The number of para-hydroxylation sites is 1. The lowest BCUT2D eigenvalue weighted by atomic mass is 10.1. The van der Waals surface area contributed by atoms with Crippen LogP contribution < -0.4 is 5.32 Å². The molecular weight excluding hydrogens is 249 g/mol. The van der Waals surface area contributed by atoms with Gasteiger partial charge in [-0.15, -0.1) is 11.6 Å². The van der Waals surface area contributed by atoms with E-state index < -0.39 is 0 Å². The molecule has 0 bridgehead atoms. The molecule has 2 aromatic carbocycles. The van der Waals surface area contributed by atoms with E-state index in [1.165, 1.54) is 6.07 Å². The van der Waals surface area contributed by atoms with Crippen LogP contribution in [0.1, 0.15) is 16.7 Å². The Morgan fingerprint density at radius 2 is 1.89 bits per heavy atom. The number of alkyl halides is 1. The monoisotopic (exact) mass is 263 g/mol. The van der Waals surface area contributed by atoms with Crippen molar-refractivity contribution in [2.75, 3.05) is 5.32 Å². The highest BCUT2D eigenvalue weighted by atomic mass is 35.5. The molecule has 0 aliphatic heterocycles. The summed E-state index contributed by atoms with van der Waals surface area (Å²) in [6.45, 7) is 2.58. The lowest BCUT2D eigenvalue weighted by molar-refractivity contribution is 0.625. The first-order valence-corrected chi connectivity index (χ1v) is 6.37. The number of halogens is 2. The van der Waals surface area contributed by atoms with E-state index >= 15 is 0 Å². The lowest BCUT2D eigenvalue weighted by Gasteiger charge is -2.12. The molecule has 0 aliphatic rings. The van der Waals surface area contributed by atoms with Crippen molar-refractivity contribution in [2.24, 2.45) is 0 Å². The standard InChI is InChI=1S/C15H15ClFN/c1-11-8-14(17)7-6-13(11)10-18-15-5-3-2-4-12(15)9-16/h2-8,18H,9-10H2,1H3. The Balaban J connectivity index is 2.11. The predicted octanol–water partition coefficient (Wildman–Crippen LogP) is 4.49. The third kappa shape index (κ3) is 3.02. The van der Waals surface area contributed by atoms with E-state index in [1.807, 2.05) is 31.2 Å². The number of aryl methyl sites for hydroxylation is 1. The van der Waals surface area contributed by atoms with Crippen LogP contribution in [0.3, 0.4) is 0 Å². The van der Waals surface area contributed by atoms with Crippen molar-refractivity contribution in [1.82, 2.24) is 0 Å². The van der Waals surface area contributed by atoms with Crippen molar-refractivity contribution in [3.8, 4) is 0 Å². The zero-order valence-electron chi connectivity index (χ0n) is 10.2. The summed E-state index contributed by atoms with van der Waals surface area (Å²) in [7, 11) is 0. The highest BCUT2D eigenvalue weighted by Gasteiger charge is 2.02. The zero-order chi connectivity index (χ0) is 13.0. The largest absolute Gasteiger partial charge is 0.381 e. The van der Waals surface area contributed by atoms with Crippen LogP contribution in [0.2, 0.25) is 0 Å². The maximum atomic E-state index is 13.0. The fourth-order valence-corrected chi connectivity index (χ4v) is 2.09. The summed E-state index contributed by atoms with van der Waals surface area (Å²) in [6, 6.07) is 12.8. The van der Waals surface area contributed by atoms with E-state index in [1.54, 1.807) is 12.1 Å². The molecule has 0 atom stereocenters. The predicted molar refractivity (Wildman–Crippen MR) is 74.5 cm³/mol. The van der Waals surface area contributed by atoms with Crippen LogP contribution in [-0.4, -0.2) is 0 Å². The average molecular weight is 264 g/mol. The molecule has 18 heavy (non-hydrogen) atoms. The van der Waals surface area contributed by atoms with Crippen LogP contribution in [0.4, 0.5) is 10.1 Å². The van der Waals surface area contributed by atoms with Gasteiger partial charge < -0.3 is 5.32 Å². The molecule has 2 rings (SSSR count). The Morgan fingerprint density at radius 1 is 1.11 bits per heavy atom. The number of hydrogen-bond donors (Lipinski definition) is 1. The van der Waals surface area contributed by atoms with Gasteiger partial charge in [-0.05, 0) is 41.8 Å². The topological polar surface area (TPSA) is 12.0 Å². The highest BCUT2D eigenvalue weighted by Crippen LogP contribution is 2.19. The molecule has 0 aliphatic carbocycles. The molecule has 0 radical (unpaired) electrons. The molecule has 1 N–H and O–H groups in total. The number of hydrogen-bond acceptors (Lipinski definition) is 1. The number of rotatable bonds is 4. The first-order chi connectivity index (χ1) is 8.70. The van der Waals surface area contributed by atoms with E-state index in [4.69, 9.17) is 11.6 Å². The van der Waals surface area contributed by atoms with Gasteiger partial charge in [0.05, 0.1) is 0 Å². The van der Waals surface area contributed by atoms with Crippen molar-refractivity contribution in [3.05, 3.63) is 65.0 Å². The minimum Gasteiger partial charge on any atom is -0.381 e. The molecule has 0 aromatic heterocycles. The third-order valence-electron chi connectivity index (χ3n) is 2.94. The molecule has 0 fully saturated rings. The van der Waals surface area contributed by atoms with E-state index in [0.29, 0.717) is 12.4 Å². The molecule has 0 unspecified atom stereocenters. The van der Waals surface area contributed by atoms with Gasteiger partial charge in [0, 0.05) is 18.1 Å². The van der Waals surface area contributed by atoms with Crippen molar-refractivity contribution in [2.45, 2.75) is 19.3 Å². The number of benzene rings is 2. The molecule has 0 spiro atoms. The summed E-state index contributed by atoms with van der Waals surface area (Å²) in [4.78, 5) is 0. The Kier molecular flexibility index (Phi) is 4.21. The third-order valence-corrected chi connectivity index (χ3v) is 3.22. The molecular formula is C15H15ClFN. The fraction of sp³-hybridized carbons (Fsp3) is 0.200. The van der Waals surface area contributed by atoms with E-state index in [2.05, 4.69) is 5.32 Å². The van der Waals surface area contributed by atoms with Crippen molar-refractivity contribution in [1.29, 1.82) is 0 Å². The van der Waals surface area contributed by atoms with Gasteiger partial charge in [0.1, 0.15) is 5.82 Å². The molecule has 1 nitrogen and oxygen atoms in total. The van der Waals surface area contributed by atoms with Crippen LogP contribution in [-0.2, 0) is 12.4 Å². The summed E-state index contributed by atoms with van der Waals surface area (Å²) < 4.78 is 13.0. The highest BCUT2D eigenvalue weighted by molar-refractivity contribution is 6.17. The lowest BCUT2D eigenvalue weighted by Crippen LogP contribution is -2.03. The van der Waals surface area contributed by atoms with Gasteiger partial charge in [-0.2, -0.15) is 0 Å². The number of anilines is 1. The van der Waals surface area contributed by atoms with Crippen LogP contribution >= 0.6 is 11.6 Å². The van der Waals surface area contributed by atoms with Gasteiger partial charge in [0.25, 0.3) is 0 Å². The Hall–Kier alpha value is -1.54. The van der Waals surface area contributed by atoms with Crippen LogP contribution in [0.5, 0.6) is 0 Å². The molecule has 3 heteroatoms. The summed E-state index contributed by atoms with van der Waals surface area (Å²) in [5, 5.41) is 3.33. The van der Waals surface area contributed by atoms with Gasteiger partial charge in [0.2, 0.25) is 0 Å². The zero-order valence-corrected chi connectivity index (χ0v) is 11.0. The maximum Gasteiger partial charge on any atom is 0.123 e. The van der Waals surface area contributed by atoms with Crippen molar-refractivity contribution < 1.29 is 4.39 Å². The number of nitrogens with one attached hydrogen (secondary N) is 1. The van der Waals surface area contributed by atoms with Crippen molar-refractivity contribution >= 4 is 17.3 Å². The minimum absolute atomic E-state index is 0.197. The Morgan fingerprint density at radius 3 is 2.61 bits per heavy atom. The second-order valence-electron chi connectivity index (χ2n) is 4.22. The van der Waals surface area contributed by atoms with Gasteiger partial charge in [-0.1, -0.05) is 24.3 Å². The van der Waals surface area contributed by atoms with E-state index in [0.717, 1.165) is 22.4 Å². The van der Waals surface area contributed by atoms with Crippen LogP contribution in [0.25, 0.3) is 0 Å². The Bertz CT molecular complexity index is 540. The summed E-state index contributed by atoms with van der Waals surface area (Å²) in [5.41, 5.74) is 4.13. The first kappa shape index (κ1) is 12.9. The smallest absolute Gasteiger partial charge is 0.123 e. The Labute approximate surface area is 112 Å². The molecule has 0 heterocycles. The maximum absolute atomic E-state index is 13.0. The van der Waals surface area contributed by atoms with Crippen LogP contribution in [0.15, 0.2) is 42.5 Å². The van der Waals surface area contributed by atoms with E-state index in [-0.39, 0.29) is 5.82 Å². The molecule has 0 saturated carbocycles. The summed E-state index contributed by atoms with van der Waals surface area (Å²) >= 11 is 5.88. The van der Waals surface area contributed by atoms with Crippen LogP contribution in [0, 0.1) is 12.7 Å². The van der Waals surface area contributed by atoms with Gasteiger partial charge in [0.15, 0.2) is 0 Å². The molecule has 0 saturated heterocycles. The van der Waals surface area contributed by atoms with Gasteiger partial charge >= 0.3 is 0 Å². The quantitative estimate of drug-likeness (QED) is 0.802. The van der Waals surface area contributed by atoms with E-state index in [9.17, 15) is 4.39 Å². The average Bonchev–Trinajstić information content (AvgIpc) is 2.38. The summed E-state index contributed by atoms with van der Waals surface area (Å²) in [6.07, 6.45) is 0. The SMILES string of the molecule is Cc1cc(F)ccc1CNc1ccccc1CCl.